The van der Waals surface area contributed by atoms with Gasteiger partial charge in [-0.2, -0.15) is 0 Å². The number of amides is 4. The van der Waals surface area contributed by atoms with Crippen molar-refractivity contribution in [2.75, 3.05) is 60.0 Å². The van der Waals surface area contributed by atoms with Gasteiger partial charge in [-0.15, -0.1) is 11.3 Å². The number of benzene rings is 1. The van der Waals surface area contributed by atoms with Crippen LogP contribution < -0.4 is 16.1 Å². The molecule has 2 radical (unpaired) electrons. The molecule has 3 atom stereocenters. The Morgan fingerprint density at radius 2 is 1.83 bits per heavy atom. The first kappa shape index (κ1) is 49.9. The number of hydrazine groups is 1. The molecule has 4 amide bonds. The van der Waals surface area contributed by atoms with Gasteiger partial charge in [0.25, 0.3) is 12.4 Å². The number of rotatable bonds is 17. The zero-order valence-corrected chi connectivity index (χ0v) is 41.8. The molecule has 5 heterocycles. The summed E-state index contributed by atoms with van der Waals surface area (Å²) >= 11 is 3.20. The van der Waals surface area contributed by atoms with Crippen molar-refractivity contribution in [2.45, 2.75) is 96.8 Å². The van der Waals surface area contributed by atoms with Crippen LogP contribution in [0, 0.1) is 11.3 Å². The summed E-state index contributed by atoms with van der Waals surface area (Å²) in [7, 11) is 3.35. The topological polar surface area (TPSA) is 163 Å². The number of methoxy groups -OCH3 is 1. The van der Waals surface area contributed by atoms with Crippen molar-refractivity contribution in [3.8, 4) is 22.5 Å². The summed E-state index contributed by atoms with van der Waals surface area (Å²) in [5.41, 5.74) is 9.51. The number of carbonyl (C=O) groups is 4. The van der Waals surface area contributed by atoms with Gasteiger partial charge in [-0.25, -0.2) is 15.2 Å². The molecule has 2 fully saturated rings. The standard InChI is InChI=1S/C45H63N9O6S.CH3.Sb/c1-9-53-37-15-14-31(23-33(37)34(25-45(5,6)27-60-28-55)41(53)32-13-12-16-47-39(32)30(4)59-8)36-26-61-38(49-36)24-35(43(57)54-20-11-10-17-48-54)50-42(56)40(29(2)3)51(7)44(58)52-21-18-46-19-22-52;;/h12-16,23,26,28-30,35,40,46,48H,9-11,17-22,24-25,27H2,1-8H3,(H,50,56);1H3;. The van der Waals surface area contributed by atoms with Crippen LogP contribution in [0.25, 0.3) is 33.4 Å². The Balaban J connectivity index is 0.00000369. The molecule has 0 spiro atoms. The minimum atomic E-state index is -0.907. The first-order chi connectivity index (χ1) is 30.3. The summed E-state index contributed by atoms with van der Waals surface area (Å²) in [6, 6.07) is 8.52. The third kappa shape index (κ3) is 12.0. The fourth-order valence-electron chi connectivity index (χ4n) is 8.60. The van der Waals surface area contributed by atoms with E-state index in [1.807, 2.05) is 32.2 Å². The predicted molar refractivity (Wildman–Crippen MR) is 249 cm³/mol. The zero-order chi connectivity index (χ0) is 45.8. The van der Waals surface area contributed by atoms with Crippen molar-refractivity contribution in [3.05, 3.63) is 58.2 Å². The number of aromatic nitrogens is 3. The van der Waals surface area contributed by atoms with Crippen molar-refractivity contribution in [1.29, 1.82) is 0 Å². The Kier molecular flexibility index (Phi) is 18.4. The summed E-state index contributed by atoms with van der Waals surface area (Å²) < 4.78 is 13.4. The number of likely N-dealkylation sites (N-methyl/N-ethyl adjacent to an activating group) is 1. The fraction of sp³-hybridized carbons (Fsp3) is 0.565. The maximum absolute atomic E-state index is 14.2. The molecular weight excluding hydrogens is 928 g/mol. The number of nitrogens with zero attached hydrogens (tertiary/aromatic N) is 6. The zero-order valence-electron chi connectivity index (χ0n) is 38.4. The van der Waals surface area contributed by atoms with Gasteiger partial charge in [0.1, 0.15) is 12.1 Å². The van der Waals surface area contributed by atoms with Crippen molar-refractivity contribution < 1.29 is 28.7 Å². The van der Waals surface area contributed by atoms with Crippen molar-refractivity contribution in [2.24, 2.45) is 11.3 Å². The van der Waals surface area contributed by atoms with Gasteiger partial charge in [0, 0.05) is 105 Å². The van der Waals surface area contributed by atoms with Crippen LogP contribution in [0.15, 0.2) is 41.9 Å². The van der Waals surface area contributed by atoms with Gasteiger partial charge >= 0.3 is 33.9 Å². The van der Waals surface area contributed by atoms with Crippen LogP contribution >= 0.6 is 11.3 Å². The average molecular weight is 995 g/mol. The van der Waals surface area contributed by atoms with Gasteiger partial charge in [0.15, 0.2) is 0 Å². The minimum absolute atomic E-state index is 0.184. The van der Waals surface area contributed by atoms with Gasteiger partial charge < -0.3 is 34.5 Å². The normalized spacial score (nSPS) is 15.9. The van der Waals surface area contributed by atoms with Gasteiger partial charge in [-0.05, 0) is 68.9 Å². The molecule has 1 aromatic carbocycles. The number of ether oxygens (including phenoxy) is 2. The summed E-state index contributed by atoms with van der Waals surface area (Å²) in [5, 5.41) is 11.7. The van der Waals surface area contributed by atoms with E-state index in [0.29, 0.717) is 63.7 Å². The van der Waals surface area contributed by atoms with Crippen LogP contribution in [-0.4, -0.2) is 149 Å². The fourth-order valence-corrected chi connectivity index (χ4v) is 9.45. The van der Waals surface area contributed by atoms with Gasteiger partial charge in [-0.3, -0.25) is 24.4 Å². The summed E-state index contributed by atoms with van der Waals surface area (Å²) in [5.74, 6) is -0.812. The van der Waals surface area contributed by atoms with E-state index < -0.39 is 17.5 Å². The van der Waals surface area contributed by atoms with Crippen molar-refractivity contribution in [3.63, 3.8) is 0 Å². The Hall–Kier alpha value is -4.08. The number of pyridine rings is 1. The van der Waals surface area contributed by atoms with E-state index in [0.717, 1.165) is 57.5 Å². The number of hydrogen-bond donors (Lipinski definition) is 3. The molecule has 0 bridgehead atoms. The van der Waals surface area contributed by atoms with Crippen LogP contribution in [0.4, 0.5) is 4.79 Å². The second-order valence-corrected chi connectivity index (χ2v) is 18.1. The molecule has 3 unspecified atom stereocenters. The second-order valence-electron chi connectivity index (χ2n) is 17.2. The Bertz CT molecular complexity index is 2160. The number of carbonyl (C=O) groups excluding carboxylic acids is 4. The van der Waals surface area contributed by atoms with E-state index >= 15 is 0 Å². The number of urea groups is 1. The Morgan fingerprint density at radius 1 is 1.08 bits per heavy atom. The summed E-state index contributed by atoms with van der Waals surface area (Å²) in [4.78, 5) is 68.4. The molecule has 4 aromatic rings. The van der Waals surface area contributed by atoms with E-state index in [2.05, 4.69) is 70.5 Å². The molecule has 3 N–H and O–H groups in total. The first-order valence-electron chi connectivity index (χ1n) is 21.9. The van der Waals surface area contributed by atoms with E-state index in [1.54, 1.807) is 53.3 Å². The quantitative estimate of drug-likeness (QED) is 0.0893. The monoisotopic (exact) mass is 993 g/mol. The predicted octanol–water partition coefficient (Wildman–Crippen LogP) is 5.63. The van der Waals surface area contributed by atoms with E-state index in [9.17, 15) is 19.2 Å². The molecule has 342 valence electrons. The molecular formula is C46H66N9O6SSb. The Labute approximate surface area is 390 Å². The average Bonchev–Trinajstić information content (AvgIpc) is 3.89. The number of piperazine rings is 1. The van der Waals surface area contributed by atoms with E-state index in [4.69, 9.17) is 19.4 Å². The Morgan fingerprint density at radius 3 is 2.48 bits per heavy atom. The van der Waals surface area contributed by atoms with E-state index in [1.165, 1.54) is 16.2 Å². The van der Waals surface area contributed by atoms with Gasteiger partial charge in [0.2, 0.25) is 5.91 Å². The third-order valence-corrected chi connectivity index (χ3v) is 12.6. The second kappa shape index (κ2) is 23.2. The maximum atomic E-state index is 14.2. The van der Waals surface area contributed by atoms with Crippen LogP contribution in [-0.2, 0) is 43.2 Å². The number of nitrogens with one attached hydrogen (secondary N) is 3. The molecule has 3 aromatic heterocycles. The summed E-state index contributed by atoms with van der Waals surface area (Å²) in [6.07, 6.45) is 4.16. The van der Waals surface area contributed by atoms with Crippen LogP contribution in [0.1, 0.15) is 76.8 Å². The molecule has 17 heteroatoms. The van der Waals surface area contributed by atoms with Gasteiger partial charge in [-0.1, -0.05) is 33.8 Å². The van der Waals surface area contributed by atoms with E-state index in [-0.39, 0.29) is 42.9 Å². The number of hydrogen-bond acceptors (Lipinski definition) is 11. The van der Waals surface area contributed by atoms with Gasteiger partial charge in [0.05, 0.1) is 34.8 Å². The molecule has 15 nitrogen and oxygen atoms in total. The molecule has 0 saturated carbocycles. The van der Waals surface area contributed by atoms with Crippen molar-refractivity contribution in [1.82, 2.24) is 45.4 Å². The molecule has 63 heavy (non-hydrogen) atoms. The van der Waals surface area contributed by atoms with Crippen LogP contribution in [0.2, 0.25) is 4.87 Å². The molecule has 6 rings (SSSR count). The molecule has 2 aliphatic rings. The summed E-state index contributed by atoms with van der Waals surface area (Å²) in [6.45, 7) is 17.3. The number of fused-ring (bicyclic) bond motifs is 1. The number of thiazole rings is 1. The number of aryl methyl sites for hydroxylation is 1. The van der Waals surface area contributed by atoms with Crippen molar-refractivity contribution >= 4 is 69.6 Å². The van der Waals surface area contributed by atoms with Crippen LogP contribution in [0.5, 0.6) is 0 Å². The first-order valence-corrected chi connectivity index (χ1v) is 25.4. The SMILES string of the molecule is CCn1c(-c2cccnc2C(C)OC)c(CC(C)(C)COC=O)c2cc(-c3csc(CC(NC(=O)C(C(C)C)N(C)C(=O)N4CCNCC4)C(=O)N4CCCCN4)n3)ccc21.[CH3][Sb]. The molecule has 0 aliphatic carbocycles. The molecule has 2 aliphatic heterocycles. The molecule has 2 saturated heterocycles. The van der Waals surface area contributed by atoms with Crippen LogP contribution in [0.3, 0.4) is 0 Å². The third-order valence-electron chi connectivity index (χ3n) is 11.7.